The molecule has 0 aromatic heterocycles. The highest BCUT2D eigenvalue weighted by Crippen LogP contribution is 2.35. The van der Waals surface area contributed by atoms with Crippen LogP contribution in [0.1, 0.15) is 5.56 Å². The summed E-state index contributed by atoms with van der Waals surface area (Å²) in [5.41, 5.74) is 0.786. The lowest BCUT2D eigenvalue weighted by molar-refractivity contribution is -0.192. The van der Waals surface area contributed by atoms with Crippen LogP contribution in [0.4, 0.5) is 13.2 Å². The Morgan fingerprint density at radius 2 is 1.81 bits per heavy atom. The van der Waals surface area contributed by atoms with Gasteiger partial charge < -0.3 is 25.5 Å². The molecule has 2 aromatic carbocycles. The highest BCUT2D eigenvalue weighted by Gasteiger charge is 2.38. The first-order valence-corrected chi connectivity index (χ1v) is 7.08. The topological polar surface area (TPSA) is 131 Å². The van der Waals surface area contributed by atoms with Crippen molar-refractivity contribution in [1.29, 1.82) is 0 Å². The molecule has 0 bridgehead atoms. The summed E-state index contributed by atoms with van der Waals surface area (Å²) in [4.78, 5) is 19.6. The molecule has 0 heterocycles. The molecule has 0 fully saturated rings. The molecule has 4 N–H and O–H groups in total. The second kappa shape index (κ2) is 9.27. The van der Waals surface area contributed by atoms with E-state index in [0.29, 0.717) is 11.5 Å². The smallest absolute Gasteiger partial charge is 0.490 e. The van der Waals surface area contributed by atoms with E-state index in [1.165, 1.54) is 13.3 Å². The van der Waals surface area contributed by atoms with Gasteiger partial charge in [-0.05, 0) is 23.1 Å². The fourth-order valence-corrected chi connectivity index (χ4v) is 1.90. The number of hydrazone groups is 1. The Morgan fingerprint density at radius 3 is 2.30 bits per heavy atom. The average Bonchev–Trinajstić information content (AvgIpc) is 2.59. The number of carboxylic acids is 2. The van der Waals surface area contributed by atoms with E-state index in [1.54, 1.807) is 6.07 Å². The number of hydrogen-bond donors (Lipinski definition) is 3. The monoisotopic (exact) mass is 388 g/mol. The number of hydrogen-bond acceptors (Lipinski definition) is 6. The Kier molecular flexibility index (Phi) is 7.39. The molecule has 8 nitrogen and oxygen atoms in total. The van der Waals surface area contributed by atoms with Gasteiger partial charge in [0.1, 0.15) is 0 Å². The van der Waals surface area contributed by atoms with Crippen LogP contribution in [0.5, 0.6) is 11.5 Å². The SMILES string of the molecule is COc1ccc2ccc(C=NN)cc2c1OCC(=O)O.O=C(O)C(F)(F)F. The fourth-order valence-electron chi connectivity index (χ4n) is 1.90. The fraction of sp³-hybridized carbons (Fsp3) is 0.188. The second-order valence-electron chi connectivity index (χ2n) is 4.84. The van der Waals surface area contributed by atoms with E-state index in [2.05, 4.69) is 5.10 Å². The van der Waals surface area contributed by atoms with Crippen LogP contribution >= 0.6 is 0 Å². The third-order valence-corrected chi connectivity index (χ3v) is 2.99. The molecule has 2 aromatic rings. The van der Waals surface area contributed by atoms with Crippen LogP contribution in [0.3, 0.4) is 0 Å². The quantitative estimate of drug-likeness (QED) is 0.407. The number of alkyl halides is 3. The van der Waals surface area contributed by atoms with Crippen LogP contribution in [0, 0.1) is 0 Å². The third kappa shape index (κ3) is 6.38. The van der Waals surface area contributed by atoms with E-state index >= 15 is 0 Å². The number of carbonyl (C=O) groups is 2. The van der Waals surface area contributed by atoms with Gasteiger partial charge in [-0.3, -0.25) is 0 Å². The largest absolute Gasteiger partial charge is 0.493 e. The van der Waals surface area contributed by atoms with Gasteiger partial charge in [0.15, 0.2) is 18.1 Å². The Balaban J connectivity index is 0.000000445. The first-order chi connectivity index (χ1) is 12.6. The van der Waals surface area contributed by atoms with E-state index in [0.717, 1.165) is 16.3 Å². The molecular weight excluding hydrogens is 373 g/mol. The van der Waals surface area contributed by atoms with Crippen molar-refractivity contribution in [1.82, 2.24) is 0 Å². The Bertz CT molecular complexity index is 852. The third-order valence-electron chi connectivity index (χ3n) is 2.99. The van der Waals surface area contributed by atoms with Crippen molar-refractivity contribution in [3.8, 4) is 11.5 Å². The normalized spacial score (nSPS) is 11.0. The minimum Gasteiger partial charge on any atom is -0.493 e. The van der Waals surface area contributed by atoms with Gasteiger partial charge in [-0.15, -0.1) is 0 Å². The van der Waals surface area contributed by atoms with Crippen molar-refractivity contribution in [2.45, 2.75) is 6.18 Å². The second-order valence-corrected chi connectivity index (χ2v) is 4.84. The summed E-state index contributed by atoms with van der Waals surface area (Å²) >= 11 is 0. The van der Waals surface area contributed by atoms with Crippen LogP contribution in [0.25, 0.3) is 10.8 Å². The number of halogens is 3. The zero-order valence-electron chi connectivity index (χ0n) is 13.9. The molecule has 0 aliphatic carbocycles. The lowest BCUT2D eigenvalue weighted by atomic mass is 10.1. The van der Waals surface area contributed by atoms with E-state index in [-0.39, 0.29) is 0 Å². The molecule has 0 saturated heterocycles. The van der Waals surface area contributed by atoms with Crippen molar-refractivity contribution < 1.29 is 42.4 Å². The summed E-state index contributed by atoms with van der Waals surface area (Å²) < 4.78 is 42.3. The predicted octanol–water partition coefficient (Wildman–Crippen LogP) is 2.24. The van der Waals surface area contributed by atoms with Gasteiger partial charge in [-0.2, -0.15) is 18.3 Å². The molecule has 27 heavy (non-hydrogen) atoms. The Morgan fingerprint density at radius 1 is 1.22 bits per heavy atom. The lowest BCUT2D eigenvalue weighted by Gasteiger charge is -2.12. The van der Waals surface area contributed by atoms with Gasteiger partial charge in [-0.1, -0.05) is 18.2 Å². The van der Waals surface area contributed by atoms with Gasteiger partial charge in [0, 0.05) is 5.39 Å². The first kappa shape index (κ1) is 21.5. The summed E-state index contributed by atoms with van der Waals surface area (Å²) in [6.45, 7) is -0.440. The van der Waals surface area contributed by atoms with E-state index in [9.17, 15) is 18.0 Å². The molecule has 0 aliphatic heterocycles. The molecule has 0 aliphatic rings. The van der Waals surface area contributed by atoms with Gasteiger partial charge in [0.2, 0.25) is 0 Å². The maximum absolute atomic E-state index is 10.7. The number of nitrogens with zero attached hydrogens (tertiary/aromatic N) is 1. The minimum atomic E-state index is -5.08. The van der Waals surface area contributed by atoms with Crippen LogP contribution in [0.15, 0.2) is 35.4 Å². The maximum atomic E-state index is 10.7. The summed E-state index contributed by atoms with van der Waals surface area (Å²) in [5, 5.41) is 21.0. The van der Waals surface area contributed by atoms with Crippen LogP contribution in [-0.4, -0.2) is 48.3 Å². The van der Waals surface area contributed by atoms with Crippen molar-refractivity contribution >= 4 is 28.9 Å². The molecule has 146 valence electrons. The van der Waals surface area contributed by atoms with E-state index in [4.69, 9.17) is 30.3 Å². The molecule has 0 unspecified atom stereocenters. The highest BCUT2D eigenvalue weighted by molar-refractivity contribution is 5.95. The Labute approximate surface area is 150 Å². The Hall–Kier alpha value is -3.50. The van der Waals surface area contributed by atoms with Crippen LogP contribution < -0.4 is 15.3 Å². The molecule has 0 radical (unpaired) electrons. The lowest BCUT2D eigenvalue weighted by Crippen LogP contribution is -2.21. The molecule has 0 atom stereocenters. The number of methoxy groups -OCH3 is 1. The average molecular weight is 388 g/mol. The highest BCUT2D eigenvalue weighted by atomic mass is 19.4. The summed E-state index contributed by atoms with van der Waals surface area (Å²) in [5.74, 6) is 2.19. The molecular formula is C16H15F3N2O6. The molecule has 11 heteroatoms. The van der Waals surface area contributed by atoms with Gasteiger partial charge in [0.25, 0.3) is 0 Å². The number of aliphatic carboxylic acids is 2. The number of rotatable bonds is 5. The van der Waals surface area contributed by atoms with Crippen LogP contribution in [-0.2, 0) is 9.59 Å². The minimum absolute atomic E-state index is 0.389. The van der Waals surface area contributed by atoms with Gasteiger partial charge in [-0.25, -0.2) is 9.59 Å². The zero-order chi connectivity index (χ0) is 20.6. The first-order valence-electron chi connectivity index (χ1n) is 7.08. The predicted molar refractivity (Wildman–Crippen MR) is 89.1 cm³/mol. The number of fused-ring (bicyclic) bond motifs is 1. The molecule has 2 rings (SSSR count). The maximum Gasteiger partial charge on any atom is 0.490 e. The number of carboxylic acid groups (broad SMARTS) is 2. The van der Waals surface area contributed by atoms with Crippen molar-refractivity contribution in [2.24, 2.45) is 10.9 Å². The van der Waals surface area contributed by atoms with Gasteiger partial charge in [0.05, 0.1) is 13.3 Å². The van der Waals surface area contributed by atoms with Gasteiger partial charge >= 0.3 is 18.1 Å². The van der Waals surface area contributed by atoms with Crippen LogP contribution in [0.2, 0.25) is 0 Å². The van der Waals surface area contributed by atoms with E-state index < -0.39 is 24.7 Å². The number of ether oxygens (including phenoxy) is 2. The van der Waals surface area contributed by atoms with Crippen molar-refractivity contribution in [3.63, 3.8) is 0 Å². The number of benzene rings is 2. The summed E-state index contributed by atoms with van der Waals surface area (Å²) in [7, 11) is 1.50. The van der Waals surface area contributed by atoms with Crippen molar-refractivity contribution in [3.05, 3.63) is 35.9 Å². The van der Waals surface area contributed by atoms with Crippen molar-refractivity contribution in [2.75, 3.05) is 13.7 Å². The molecule has 0 spiro atoms. The molecule has 0 amide bonds. The standard InChI is InChI=1S/C14H14N2O4.C2HF3O2/c1-19-12-5-4-10-3-2-9(7-16-15)6-11(10)14(12)20-8-13(17)18;3-2(4,5)1(6)7/h2-7H,8,15H2,1H3,(H,17,18);(H,6,7). The van der Waals surface area contributed by atoms with E-state index in [1.807, 2.05) is 24.3 Å². The molecule has 0 saturated carbocycles. The zero-order valence-corrected chi connectivity index (χ0v) is 13.9. The number of nitrogens with two attached hydrogens (primary N) is 1. The summed E-state index contributed by atoms with van der Waals surface area (Å²) in [6, 6.07) is 9.14. The summed E-state index contributed by atoms with van der Waals surface area (Å²) in [6.07, 6.45) is -3.58.